The Morgan fingerprint density at radius 2 is 2.04 bits per heavy atom. The Morgan fingerprint density at radius 1 is 1.27 bits per heavy atom. The number of piperazine rings is 1. The van der Waals surface area contributed by atoms with E-state index in [1.807, 2.05) is 25.1 Å². The predicted octanol–water partition coefficient (Wildman–Crippen LogP) is 1.49. The Labute approximate surface area is 156 Å². The third-order valence-corrected chi connectivity index (χ3v) is 5.76. The molecule has 1 atom stereocenters. The van der Waals surface area contributed by atoms with E-state index in [0.29, 0.717) is 5.75 Å². The van der Waals surface area contributed by atoms with Gasteiger partial charge in [0.2, 0.25) is 0 Å². The van der Waals surface area contributed by atoms with E-state index in [4.69, 9.17) is 0 Å². The van der Waals surface area contributed by atoms with E-state index in [9.17, 15) is 9.90 Å². The van der Waals surface area contributed by atoms with Gasteiger partial charge in [0.25, 0.3) is 5.91 Å². The molecule has 1 heterocycles. The molecule has 0 radical (unpaired) electrons. The SMILES string of the molecule is C[C@@H](C(=O)NCCC1=CCCCC1)[NH+]1CCN(c2ccccc2O)CC1. The van der Waals surface area contributed by atoms with Crippen LogP contribution in [-0.2, 0) is 4.79 Å². The average Bonchev–Trinajstić information content (AvgIpc) is 2.69. The summed E-state index contributed by atoms with van der Waals surface area (Å²) in [6.45, 7) is 6.32. The van der Waals surface area contributed by atoms with Crippen LogP contribution in [0.2, 0.25) is 0 Å². The van der Waals surface area contributed by atoms with E-state index in [-0.39, 0.29) is 11.9 Å². The maximum absolute atomic E-state index is 12.5. The number of amides is 1. The first kappa shape index (κ1) is 18.8. The van der Waals surface area contributed by atoms with Crippen molar-refractivity contribution in [3.63, 3.8) is 0 Å². The van der Waals surface area contributed by atoms with E-state index in [0.717, 1.165) is 44.8 Å². The number of carbonyl (C=O) groups is 1. The van der Waals surface area contributed by atoms with E-state index in [2.05, 4.69) is 16.3 Å². The van der Waals surface area contributed by atoms with Crippen LogP contribution in [0, 0.1) is 0 Å². The number of benzene rings is 1. The first-order valence-corrected chi connectivity index (χ1v) is 9.98. The number of rotatable bonds is 6. The number of quaternary nitrogens is 1. The monoisotopic (exact) mass is 358 g/mol. The Balaban J connectivity index is 1.42. The van der Waals surface area contributed by atoms with Crippen molar-refractivity contribution < 1.29 is 14.8 Å². The van der Waals surface area contributed by atoms with Gasteiger partial charge in [-0.25, -0.2) is 0 Å². The fourth-order valence-electron chi connectivity index (χ4n) is 4.02. The van der Waals surface area contributed by atoms with Gasteiger partial charge in [-0.2, -0.15) is 0 Å². The second-order valence-corrected chi connectivity index (χ2v) is 7.50. The third kappa shape index (κ3) is 4.79. The molecule has 1 aliphatic heterocycles. The lowest BCUT2D eigenvalue weighted by atomic mass is 9.97. The topological polar surface area (TPSA) is 57.0 Å². The number of phenols is 1. The highest BCUT2D eigenvalue weighted by molar-refractivity contribution is 5.79. The Kier molecular flexibility index (Phi) is 6.56. The van der Waals surface area contributed by atoms with Crippen LogP contribution < -0.4 is 15.1 Å². The number of hydrogen-bond acceptors (Lipinski definition) is 3. The van der Waals surface area contributed by atoms with Gasteiger partial charge >= 0.3 is 0 Å². The molecule has 0 unspecified atom stereocenters. The predicted molar refractivity (Wildman–Crippen MR) is 105 cm³/mol. The summed E-state index contributed by atoms with van der Waals surface area (Å²) in [4.78, 5) is 16.0. The highest BCUT2D eigenvalue weighted by Gasteiger charge is 2.29. The summed E-state index contributed by atoms with van der Waals surface area (Å²) in [7, 11) is 0. The second kappa shape index (κ2) is 9.08. The van der Waals surface area contributed by atoms with Crippen LogP contribution in [0.15, 0.2) is 35.9 Å². The minimum atomic E-state index is -0.0261. The summed E-state index contributed by atoms with van der Waals surface area (Å²) in [5.74, 6) is 0.492. The molecule has 0 aromatic heterocycles. The first-order valence-electron chi connectivity index (χ1n) is 9.98. The maximum atomic E-state index is 12.5. The zero-order valence-electron chi connectivity index (χ0n) is 15.8. The van der Waals surface area contributed by atoms with Gasteiger partial charge in [0.1, 0.15) is 5.75 Å². The molecule has 1 saturated heterocycles. The molecule has 0 bridgehead atoms. The van der Waals surface area contributed by atoms with E-state index < -0.39 is 0 Å². The van der Waals surface area contributed by atoms with E-state index >= 15 is 0 Å². The zero-order chi connectivity index (χ0) is 18.4. The molecule has 2 aliphatic rings. The molecule has 3 rings (SSSR count). The molecule has 26 heavy (non-hydrogen) atoms. The Hall–Kier alpha value is -2.01. The van der Waals surface area contributed by atoms with Crippen molar-refractivity contribution in [3.8, 4) is 5.75 Å². The normalized spacial score (nSPS) is 19.7. The third-order valence-electron chi connectivity index (χ3n) is 5.76. The van der Waals surface area contributed by atoms with Gasteiger partial charge in [0.05, 0.1) is 31.9 Å². The number of carbonyl (C=O) groups excluding carboxylic acids is 1. The number of phenolic OH excluding ortho intramolecular Hbond substituents is 1. The largest absolute Gasteiger partial charge is 0.506 e. The van der Waals surface area contributed by atoms with Gasteiger partial charge in [-0.05, 0) is 51.2 Å². The Bertz CT molecular complexity index is 636. The first-order chi connectivity index (χ1) is 12.6. The van der Waals surface area contributed by atoms with Gasteiger partial charge in [-0.3, -0.25) is 4.79 Å². The fourth-order valence-corrected chi connectivity index (χ4v) is 4.02. The molecule has 142 valence electrons. The molecule has 5 nitrogen and oxygen atoms in total. The van der Waals surface area contributed by atoms with Crippen LogP contribution in [0.5, 0.6) is 5.75 Å². The van der Waals surface area contributed by atoms with Gasteiger partial charge in [0, 0.05) is 6.54 Å². The molecule has 0 saturated carbocycles. The number of aromatic hydroxyl groups is 1. The van der Waals surface area contributed by atoms with Gasteiger partial charge < -0.3 is 20.2 Å². The zero-order valence-corrected chi connectivity index (χ0v) is 15.8. The van der Waals surface area contributed by atoms with Crippen molar-refractivity contribution in [3.05, 3.63) is 35.9 Å². The molecule has 1 aromatic carbocycles. The summed E-state index contributed by atoms with van der Waals surface area (Å²) in [5, 5.41) is 13.1. The van der Waals surface area contributed by atoms with Crippen molar-refractivity contribution >= 4 is 11.6 Å². The van der Waals surface area contributed by atoms with Gasteiger partial charge in [0.15, 0.2) is 6.04 Å². The molecule has 1 aromatic rings. The van der Waals surface area contributed by atoms with Crippen molar-refractivity contribution in [2.75, 3.05) is 37.6 Å². The summed E-state index contributed by atoms with van der Waals surface area (Å²) in [6.07, 6.45) is 8.35. The highest BCUT2D eigenvalue weighted by Crippen LogP contribution is 2.26. The van der Waals surface area contributed by atoms with Gasteiger partial charge in [-0.15, -0.1) is 0 Å². The highest BCUT2D eigenvalue weighted by atomic mass is 16.3. The molecule has 1 aliphatic carbocycles. The standard InChI is InChI=1S/C21H31N3O2/c1-17(21(26)22-12-11-18-7-3-2-4-8-18)23-13-15-24(16-14-23)19-9-5-6-10-20(19)25/h5-7,9-10,17,25H,2-4,8,11-16H2,1H3,(H,22,26)/p+1/t17-/m0/s1. The Morgan fingerprint density at radius 3 is 2.73 bits per heavy atom. The summed E-state index contributed by atoms with van der Waals surface area (Å²) in [5.41, 5.74) is 2.40. The summed E-state index contributed by atoms with van der Waals surface area (Å²) >= 11 is 0. The number of para-hydroxylation sites is 2. The van der Waals surface area contributed by atoms with E-state index in [1.165, 1.54) is 36.2 Å². The number of nitrogens with zero attached hydrogens (tertiary/aromatic N) is 1. The lowest BCUT2D eigenvalue weighted by molar-refractivity contribution is -0.914. The number of nitrogens with one attached hydrogen (secondary N) is 2. The summed E-state index contributed by atoms with van der Waals surface area (Å²) in [6, 6.07) is 7.45. The maximum Gasteiger partial charge on any atom is 0.278 e. The van der Waals surface area contributed by atoms with Crippen molar-refractivity contribution in [2.24, 2.45) is 0 Å². The number of hydrogen-bond donors (Lipinski definition) is 3. The van der Waals surface area contributed by atoms with Crippen LogP contribution in [0.1, 0.15) is 39.0 Å². The fraction of sp³-hybridized carbons (Fsp3) is 0.571. The molecule has 3 N–H and O–H groups in total. The molecule has 5 heteroatoms. The minimum Gasteiger partial charge on any atom is -0.506 e. The number of allylic oxidation sites excluding steroid dienone is 1. The van der Waals surface area contributed by atoms with Crippen LogP contribution in [0.4, 0.5) is 5.69 Å². The van der Waals surface area contributed by atoms with Gasteiger partial charge in [-0.1, -0.05) is 23.8 Å². The molecular formula is C21H32N3O2+. The second-order valence-electron chi connectivity index (χ2n) is 7.50. The van der Waals surface area contributed by atoms with Crippen LogP contribution in [0.25, 0.3) is 0 Å². The lowest BCUT2D eigenvalue weighted by Crippen LogP contribution is -3.19. The van der Waals surface area contributed by atoms with Crippen molar-refractivity contribution in [1.29, 1.82) is 0 Å². The molecule has 1 fully saturated rings. The smallest absolute Gasteiger partial charge is 0.278 e. The van der Waals surface area contributed by atoms with Crippen LogP contribution >= 0.6 is 0 Å². The number of anilines is 1. The van der Waals surface area contributed by atoms with Crippen molar-refractivity contribution in [1.82, 2.24) is 5.32 Å². The summed E-state index contributed by atoms with van der Waals surface area (Å²) < 4.78 is 0. The van der Waals surface area contributed by atoms with E-state index in [1.54, 1.807) is 6.07 Å². The lowest BCUT2D eigenvalue weighted by Gasteiger charge is -2.36. The van der Waals surface area contributed by atoms with Crippen LogP contribution in [-0.4, -0.2) is 49.8 Å². The minimum absolute atomic E-state index is 0.0261. The molecule has 0 spiro atoms. The quantitative estimate of drug-likeness (QED) is 0.676. The van der Waals surface area contributed by atoms with Crippen LogP contribution in [0.3, 0.4) is 0 Å². The molecule has 1 amide bonds. The van der Waals surface area contributed by atoms with Crippen molar-refractivity contribution in [2.45, 2.75) is 45.1 Å². The molecular weight excluding hydrogens is 326 g/mol. The average molecular weight is 359 g/mol.